The number of aromatic nitrogens is 1. The number of H-pyrrole nitrogens is 1. The highest BCUT2D eigenvalue weighted by Gasteiger charge is 2.32. The molecule has 0 aliphatic rings. The van der Waals surface area contributed by atoms with E-state index in [1.54, 1.807) is 12.3 Å². The summed E-state index contributed by atoms with van der Waals surface area (Å²) < 4.78 is 30.4. The van der Waals surface area contributed by atoms with Gasteiger partial charge in [0, 0.05) is 17.1 Å². The van der Waals surface area contributed by atoms with Crippen molar-refractivity contribution in [2.24, 2.45) is 5.73 Å². The van der Waals surface area contributed by atoms with E-state index >= 15 is 0 Å². The number of benzene rings is 1. The Morgan fingerprint density at radius 1 is 1.48 bits per heavy atom. The van der Waals surface area contributed by atoms with E-state index in [0.29, 0.717) is 5.56 Å². The van der Waals surface area contributed by atoms with Crippen LogP contribution in [0.2, 0.25) is 0 Å². The second kappa shape index (κ2) is 7.62. The van der Waals surface area contributed by atoms with E-state index in [9.17, 15) is 15.7 Å². The van der Waals surface area contributed by atoms with E-state index in [0.717, 1.165) is 17.2 Å². The Hall–Kier alpha value is -1.85. The highest BCUT2D eigenvalue weighted by Crippen LogP contribution is 2.22. The van der Waals surface area contributed by atoms with E-state index < -0.39 is 44.6 Å². The van der Waals surface area contributed by atoms with Crippen LogP contribution in [0.1, 0.15) is 6.93 Å². The molecule has 0 saturated carbocycles. The lowest BCUT2D eigenvalue weighted by molar-refractivity contribution is -0.127. The van der Waals surface area contributed by atoms with Gasteiger partial charge >= 0.3 is 20.1 Å². The molecular formula is C14H15IN3O5. The van der Waals surface area contributed by atoms with Crippen molar-refractivity contribution < 1.29 is 22.2 Å². The maximum Gasteiger partial charge on any atom is 0.423 e. The Morgan fingerprint density at radius 3 is 2.78 bits per heavy atom. The highest BCUT2D eigenvalue weighted by atomic mass is 127. The number of halogens is 1. The molecule has 1 heterocycles. The molecule has 23 heavy (non-hydrogen) atoms. The third-order valence-corrected chi connectivity index (χ3v) is 5.11. The second-order valence-corrected chi connectivity index (χ2v) is 6.81. The number of fused-ring (bicyclic) bond motifs is 1. The lowest BCUT2D eigenvalue weighted by Crippen LogP contribution is -2.47. The normalized spacial score (nSPS) is 15.9. The maximum atomic E-state index is 12.3. The van der Waals surface area contributed by atoms with Gasteiger partial charge < -0.3 is 15.8 Å². The quantitative estimate of drug-likeness (QED) is 0.428. The van der Waals surface area contributed by atoms with Gasteiger partial charge in [0.15, 0.2) is 0 Å². The zero-order valence-electron chi connectivity index (χ0n) is 12.9. The molecule has 1 amide bonds. The van der Waals surface area contributed by atoms with Crippen molar-refractivity contribution in [1.29, 1.82) is 0 Å². The van der Waals surface area contributed by atoms with Gasteiger partial charge in [-0.15, -0.1) is 0 Å². The molecular weight excluding hydrogens is 417 g/mol. The summed E-state index contributed by atoms with van der Waals surface area (Å²) in [6, 6.07) is 3.29. The zero-order chi connectivity index (χ0) is 17.9. The largest absolute Gasteiger partial charge is 0.423 e. The number of rotatable bonds is 7. The fraction of sp³-hybridized carbons (Fsp3) is 0.286. The van der Waals surface area contributed by atoms with Crippen LogP contribution in [0.15, 0.2) is 30.5 Å². The Morgan fingerprint density at radius 2 is 2.17 bits per heavy atom. The number of aromatic amines is 1. The number of carbonyl (C=O) groups is 1. The minimum absolute atomic E-state index is 0.00367. The molecule has 0 spiro atoms. The molecule has 123 valence electrons. The van der Waals surface area contributed by atoms with Gasteiger partial charge in [-0.1, -0.05) is 18.2 Å². The predicted molar refractivity (Wildman–Crippen MR) is 88.8 cm³/mol. The summed E-state index contributed by atoms with van der Waals surface area (Å²) in [6.07, 6.45) is 2.74. The SMILES string of the molecule is [3H][C@@]([C]=O)(CO)N(C(=O)[C@@H](N)Cc1c[nH]c2ccccc12)I(=O)=O. The monoisotopic (exact) mass is 434 g/mol. The number of aliphatic hydroxyl groups excluding tert-OH is 1. The van der Waals surface area contributed by atoms with Gasteiger partial charge in [-0.2, -0.15) is 0 Å². The van der Waals surface area contributed by atoms with Crippen LogP contribution < -0.4 is 5.73 Å². The zero-order valence-corrected chi connectivity index (χ0v) is 14.0. The van der Waals surface area contributed by atoms with Crippen LogP contribution in [0, 0.1) is 0 Å². The first-order valence-corrected chi connectivity index (χ1v) is 9.27. The average Bonchev–Trinajstić information content (AvgIpc) is 2.97. The van der Waals surface area contributed by atoms with Crippen LogP contribution >= 0.6 is 20.1 Å². The molecule has 0 bridgehead atoms. The van der Waals surface area contributed by atoms with Crippen molar-refractivity contribution in [3.63, 3.8) is 0 Å². The van der Waals surface area contributed by atoms with Crippen LogP contribution in [0.4, 0.5) is 0 Å². The number of hydrogen-bond acceptors (Lipinski definition) is 6. The third-order valence-electron chi connectivity index (χ3n) is 3.27. The molecule has 4 N–H and O–H groups in total. The van der Waals surface area contributed by atoms with Gasteiger partial charge in [-0.3, -0.25) is 9.59 Å². The van der Waals surface area contributed by atoms with Gasteiger partial charge in [0.25, 0.3) is 5.91 Å². The summed E-state index contributed by atoms with van der Waals surface area (Å²) in [6.45, 7) is -1.19. The molecule has 1 radical (unpaired) electrons. The number of amides is 1. The van der Waals surface area contributed by atoms with E-state index in [2.05, 4.69) is 4.98 Å². The standard InChI is InChI=1S/C14H15IN3O5/c16-12(14(21)18(15(22)23)10(7-19)8-20)5-9-6-17-13-4-2-1-3-11(9)13/h1-4,6,10,12,17,19H,5,7,16H2/t10-,12-/m0/s1/i10T. The maximum absolute atomic E-state index is 12.3. The van der Waals surface area contributed by atoms with Gasteiger partial charge in [0.05, 0.1) is 14.0 Å². The van der Waals surface area contributed by atoms with E-state index in [1.807, 2.05) is 18.2 Å². The van der Waals surface area contributed by atoms with Gasteiger partial charge in [-0.25, -0.2) is 9.25 Å². The number of nitrogens with one attached hydrogen (secondary N) is 1. The van der Waals surface area contributed by atoms with Crippen LogP contribution in [-0.2, 0) is 22.1 Å². The van der Waals surface area contributed by atoms with Crippen molar-refractivity contribution in [3.05, 3.63) is 36.0 Å². The summed E-state index contributed by atoms with van der Waals surface area (Å²) in [4.78, 5) is 26.2. The number of nitrogens with zero attached hydrogens (tertiary/aromatic N) is 1. The molecule has 0 fully saturated rings. The van der Waals surface area contributed by atoms with Crippen molar-refractivity contribution in [3.8, 4) is 0 Å². The van der Waals surface area contributed by atoms with Crippen molar-refractivity contribution >= 4 is 43.2 Å². The average molecular weight is 434 g/mol. The molecule has 9 heteroatoms. The first-order valence-electron chi connectivity index (χ1n) is 7.04. The fourth-order valence-electron chi connectivity index (χ4n) is 2.19. The van der Waals surface area contributed by atoms with Crippen molar-refractivity contribution in [1.82, 2.24) is 8.10 Å². The molecule has 0 unspecified atom stereocenters. The Labute approximate surface area is 140 Å². The smallest absolute Gasteiger partial charge is 0.394 e. The molecule has 0 saturated heterocycles. The molecule has 1 aromatic heterocycles. The first kappa shape index (κ1) is 16.0. The number of carbonyl (C=O) groups excluding carboxylic acids is 2. The molecule has 8 nitrogen and oxygen atoms in total. The van der Waals surface area contributed by atoms with Gasteiger partial charge in [0.1, 0.15) is 6.02 Å². The Bertz CT molecular complexity index is 829. The number of para-hydroxylation sites is 1. The lowest BCUT2D eigenvalue weighted by atomic mass is 10.0. The second-order valence-electron chi connectivity index (χ2n) is 4.70. The van der Waals surface area contributed by atoms with Crippen LogP contribution in [0.3, 0.4) is 0 Å². The molecule has 2 rings (SSSR count). The third kappa shape index (κ3) is 3.74. The van der Waals surface area contributed by atoms with Crippen molar-refractivity contribution in [2.45, 2.75) is 18.5 Å². The van der Waals surface area contributed by atoms with E-state index in [-0.39, 0.29) is 9.53 Å². The Balaban J connectivity index is 2.28. The highest BCUT2D eigenvalue weighted by molar-refractivity contribution is 14.2. The van der Waals surface area contributed by atoms with E-state index in [4.69, 9.17) is 12.2 Å². The summed E-state index contributed by atoms with van der Waals surface area (Å²) in [5.74, 6) is -1.12. The van der Waals surface area contributed by atoms with Crippen LogP contribution in [-0.4, -0.2) is 44.1 Å². The van der Waals surface area contributed by atoms with Gasteiger partial charge in [-0.05, 0) is 18.1 Å². The molecule has 2 aromatic rings. The minimum atomic E-state index is -4.60. The van der Waals surface area contributed by atoms with Gasteiger partial charge in [0.2, 0.25) is 6.29 Å². The predicted octanol–water partition coefficient (Wildman–Crippen LogP) is 0.449. The summed E-state index contributed by atoms with van der Waals surface area (Å²) in [5, 5.41) is 9.92. The fourth-order valence-corrected chi connectivity index (χ4v) is 3.66. The summed E-state index contributed by atoms with van der Waals surface area (Å²) in [5.41, 5.74) is 7.31. The molecule has 2 atom stereocenters. The minimum Gasteiger partial charge on any atom is -0.394 e. The topological polar surface area (TPSA) is 134 Å². The molecule has 1 aromatic carbocycles. The summed E-state index contributed by atoms with van der Waals surface area (Å²) in [7, 11) is 0. The number of nitrogens with two attached hydrogens (primary N) is 1. The molecule has 0 aliphatic heterocycles. The van der Waals surface area contributed by atoms with E-state index in [1.165, 1.54) is 0 Å². The van der Waals surface area contributed by atoms with Crippen LogP contribution in [0.5, 0.6) is 0 Å². The lowest BCUT2D eigenvalue weighted by Gasteiger charge is -2.21. The molecule has 0 aliphatic carbocycles. The Kier molecular flexibility index (Phi) is 5.31. The first-order chi connectivity index (χ1) is 11.3. The number of hydrogen-bond donors (Lipinski definition) is 3. The van der Waals surface area contributed by atoms with Crippen LogP contribution in [0.25, 0.3) is 10.9 Å². The van der Waals surface area contributed by atoms with Crippen molar-refractivity contribution in [2.75, 3.05) is 6.61 Å². The number of aliphatic hydroxyl groups is 1. The summed E-state index contributed by atoms with van der Waals surface area (Å²) >= 11 is -4.60.